The van der Waals surface area contributed by atoms with E-state index in [4.69, 9.17) is 16.7 Å². The Morgan fingerprint density at radius 2 is 2.50 bits per heavy atom. The maximum Gasteiger partial charge on any atom is 0.313 e. The Bertz CT molecular complexity index is 292. The molecule has 0 amide bonds. The van der Waals surface area contributed by atoms with E-state index < -0.39 is 5.97 Å². The molecule has 5 heteroatoms. The number of aromatic nitrogens is 1. The zero-order chi connectivity index (χ0) is 8.97. The summed E-state index contributed by atoms with van der Waals surface area (Å²) in [6.45, 7) is 0. The number of halogens is 1. The highest BCUT2D eigenvalue weighted by atomic mass is 35.5. The van der Waals surface area contributed by atoms with Gasteiger partial charge in [-0.25, -0.2) is 0 Å². The Hall–Kier alpha value is -0.740. The van der Waals surface area contributed by atoms with Gasteiger partial charge in [0, 0.05) is 17.3 Å². The Morgan fingerprint density at radius 3 is 3.08 bits per heavy atom. The van der Waals surface area contributed by atoms with Gasteiger partial charge in [0.1, 0.15) is 0 Å². The van der Waals surface area contributed by atoms with E-state index in [0.29, 0.717) is 5.02 Å². The lowest BCUT2D eigenvalue weighted by Gasteiger charge is -1.99. The summed E-state index contributed by atoms with van der Waals surface area (Å²) in [5.41, 5.74) is 0. The molecule has 0 bridgehead atoms. The Balaban J connectivity index is 2.63. The Kier molecular flexibility index (Phi) is 3.37. The summed E-state index contributed by atoms with van der Waals surface area (Å²) in [5.74, 6) is -0.836. The number of carboxylic acids is 1. The highest BCUT2D eigenvalue weighted by molar-refractivity contribution is 8.00. The highest BCUT2D eigenvalue weighted by Gasteiger charge is 2.02. The van der Waals surface area contributed by atoms with Crippen molar-refractivity contribution >= 4 is 29.3 Å². The summed E-state index contributed by atoms with van der Waals surface area (Å²) in [4.78, 5) is 14.7. The van der Waals surface area contributed by atoms with Crippen molar-refractivity contribution in [3.8, 4) is 0 Å². The fourth-order valence-corrected chi connectivity index (χ4v) is 1.53. The summed E-state index contributed by atoms with van der Waals surface area (Å²) >= 11 is 6.92. The first-order chi connectivity index (χ1) is 5.70. The van der Waals surface area contributed by atoms with Gasteiger partial charge in [0.2, 0.25) is 0 Å². The topological polar surface area (TPSA) is 50.2 Å². The third kappa shape index (κ3) is 2.71. The van der Waals surface area contributed by atoms with Crippen LogP contribution in [0.1, 0.15) is 0 Å². The van der Waals surface area contributed by atoms with Crippen LogP contribution in [-0.2, 0) is 4.79 Å². The van der Waals surface area contributed by atoms with Gasteiger partial charge in [-0.15, -0.1) is 11.8 Å². The molecule has 1 heterocycles. The molecule has 3 nitrogen and oxygen atoms in total. The van der Waals surface area contributed by atoms with Crippen LogP contribution in [-0.4, -0.2) is 21.8 Å². The van der Waals surface area contributed by atoms with E-state index in [1.165, 1.54) is 18.0 Å². The molecule has 0 atom stereocenters. The summed E-state index contributed by atoms with van der Waals surface area (Å²) < 4.78 is 0. The zero-order valence-electron chi connectivity index (χ0n) is 6.03. The number of thioether (sulfide) groups is 1. The second kappa shape index (κ2) is 4.33. The molecule has 1 rings (SSSR count). The van der Waals surface area contributed by atoms with Crippen LogP contribution in [0.3, 0.4) is 0 Å². The van der Waals surface area contributed by atoms with E-state index in [2.05, 4.69) is 4.98 Å². The van der Waals surface area contributed by atoms with E-state index in [1.54, 1.807) is 12.3 Å². The van der Waals surface area contributed by atoms with Crippen molar-refractivity contribution in [2.45, 2.75) is 4.90 Å². The number of hydrogen-bond donors (Lipinski definition) is 1. The first kappa shape index (κ1) is 9.35. The van der Waals surface area contributed by atoms with Gasteiger partial charge in [-0.3, -0.25) is 9.78 Å². The molecule has 12 heavy (non-hydrogen) atoms. The first-order valence-corrected chi connectivity index (χ1v) is 4.50. The minimum atomic E-state index is -0.854. The van der Waals surface area contributed by atoms with Gasteiger partial charge in [0.15, 0.2) is 0 Å². The predicted octanol–water partition coefficient (Wildman–Crippen LogP) is 1.91. The number of hydrogen-bond acceptors (Lipinski definition) is 3. The second-order valence-electron chi connectivity index (χ2n) is 1.99. The van der Waals surface area contributed by atoms with Crippen LogP contribution in [0.5, 0.6) is 0 Å². The molecule has 0 fully saturated rings. The van der Waals surface area contributed by atoms with E-state index >= 15 is 0 Å². The predicted molar refractivity (Wildman–Crippen MR) is 47.6 cm³/mol. The number of aliphatic carboxylic acids is 1. The smallest absolute Gasteiger partial charge is 0.313 e. The number of carboxylic acid groups (broad SMARTS) is 1. The summed E-state index contributed by atoms with van der Waals surface area (Å²) in [6.07, 6.45) is 3.07. The average Bonchev–Trinajstić information content (AvgIpc) is 2.03. The highest BCUT2D eigenvalue weighted by Crippen LogP contribution is 2.25. The van der Waals surface area contributed by atoms with E-state index in [1.807, 2.05) is 0 Å². The quantitative estimate of drug-likeness (QED) is 0.763. The molecule has 0 aliphatic heterocycles. The number of nitrogens with zero attached hydrogens (tertiary/aromatic N) is 1. The van der Waals surface area contributed by atoms with Crippen LogP contribution in [0.2, 0.25) is 5.02 Å². The molecule has 0 aromatic carbocycles. The van der Waals surface area contributed by atoms with E-state index in [0.717, 1.165) is 4.90 Å². The lowest BCUT2D eigenvalue weighted by Crippen LogP contribution is -1.97. The third-order valence-electron chi connectivity index (χ3n) is 1.09. The van der Waals surface area contributed by atoms with Crippen molar-refractivity contribution in [3.05, 3.63) is 23.5 Å². The molecular weight excluding hydrogens is 198 g/mol. The molecule has 1 aromatic heterocycles. The number of carbonyl (C=O) groups is 1. The van der Waals surface area contributed by atoms with Crippen molar-refractivity contribution in [1.29, 1.82) is 0 Å². The van der Waals surface area contributed by atoms with E-state index in [-0.39, 0.29) is 5.75 Å². The van der Waals surface area contributed by atoms with Gasteiger partial charge in [0.25, 0.3) is 0 Å². The van der Waals surface area contributed by atoms with Crippen LogP contribution in [0.4, 0.5) is 0 Å². The maximum atomic E-state index is 10.2. The Morgan fingerprint density at radius 1 is 1.75 bits per heavy atom. The molecule has 0 saturated carbocycles. The van der Waals surface area contributed by atoms with E-state index in [9.17, 15) is 4.79 Å². The standard InChI is InChI=1S/C7H6ClNO2S/c8-5-3-9-2-1-6(5)12-4-7(10)11/h1-3H,4H2,(H,10,11). The van der Waals surface area contributed by atoms with Crippen LogP contribution < -0.4 is 0 Å². The maximum absolute atomic E-state index is 10.2. The van der Waals surface area contributed by atoms with Crippen LogP contribution in [0.25, 0.3) is 0 Å². The lowest BCUT2D eigenvalue weighted by molar-refractivity contribution is -0.133. The molecule has 1 N–H and O–H groups in total. The monoisotopic (exact) mass is 203 g/mol. The summed E-state index contributed by atoms with van der Waals surface area (Å²) in [5, 5.41) is 8.88. The SMILES string of the molecule is O=C(O)CSc1ccncc1Cl. The first-order valence-electron chi connectivity index (χ1n) is 3.14. The molecule has 64 valence electrons. The van der Waals surface area contributed by atoms with Gasteiger partial charge >= 0.3 is 5.97 Å². The molecular formula is C7H6ClNO2S. The molecule has 0 aliphatic rings. The molecule has 0 unspecified atom stereocenters. The van der Waals surface area contributed by atoms with Crippen molar-refractivity contribution in [2.75, 3.05) is 5.75 Å². The summed E-state index contributed by atoms with van der Waals surface area (Å²) in [7, 11) is 0. The van der Waals surface area contributed by atoms with Crippen LogP contribution in [0, 0.1) is 0 Å². The van der Waals surface area contributed by atoms with Crippen molar-refractivity contribution in [2.24, 2.45) is 0 Å². The average molecular weight is 204 g/mol. The minimum absolute atomic E-state index is 0.0176. The fraction of sp³-hybridized carbons (Fsp3) is 0.143. The van der Waals surface area contributed by atoms with Gasteiger partial charge < -0.3 is 5.11 Å². The van der Waals surface area contributed by atoms with Crippen LogP contribution >= 0.6 is 23.4 Å². The zero-order valence-corrected chi connectivity index (χ0v) is 7.60. The molecule has 1 aromatic rings. The largest absolute Gasteiger partial charge is 0.481 e. The normalized spacial score (nSPS) is 9.75. The second-order valence-corrected chi connectivity index (χ2v) is 3.41. The number of pyridine rings is 1. The summed E-state index contributed by atoms with van der Waals surface area (Å²) in [6, 6.07) is 1.69. The lowest BCUT2D eigenvalue weighted by atomic mass is 10.5. The fourth-order valence-electron chi connectivity index (χ4n) is 0.619. The van der Waals surface area contributed by atoms with Crippen molar-refractivity contribution in [1.82, 2.24) is 4.98 Å². The van der Waals surface area contributed by atoms with Gasteiger partial charge in [0.05, 0.1) is 10.8 Å². The Labute approximate surface area is 78.8 Å². The molecule has 0 spiro atoms. The van der Waals surface area contributed by atoms with Gasteiger partial charge in [-0.2, -0.15) is 0 Å². The molecule has 0 radical (unpaired) electrons. The third-order valence-corrected chi connectivity index (χ3v) is 2.56. The van der Waals surface area contributed by atoms with Gasteiger partial charge in [-0.1, -0.05) is 11.6 Å². The van der Waals surface area contributed by atoms with Crippen molar-refractivity contribution in [3.63, 3.8) is 0 Å². The number of rotatable bonds is 3. The van der Waals surface area contributed by atoms with Gasteiger partial charge in [-0.05, 0) is 6.07 Å². The van der Waals surface area contributed by atoms with Crippen LogP contribution in [0.15, 0.2) is 23.4 Å². The molecule has 0 saturated heterocycles. The minimum Gasteiger partial charge on any atom is -0.481 e. The molecule has 0 aliphatic carbocycles. The van der Waals surface area contributed by atoms with Crippen molar-refractivity contribution < 1.29 is 9.90 Å².